The number of diazo groups is 1. The third kappa shape index (κ3) is 5.63. The predicted octanol–water partition coefficient (Wildman–Crippen LogP) is 2.52. The Labute approximate surface area is 126 Å². The highest BCUT2D eigenvalue weighted by Crippen LogP contribution is 2.32. The van der Waals surface area contributed by atoms with Gasteiger partial charge in [-0.3, -0.25) is 18.5 Å². The average molecular weight is 323 g/mol. The van der Waals surface area contributed by atoms with E-state index in [2.05, 4.69) is 4.98 Å². The quantitative estimate of drug-likeness (QED) is 0.270. The Kier molecular flexibility index (Phi) is 5.65. The Balaban J connectivity index is 0.000000709. The van der Waals surface area contributed by atoms with Crippen LogP contribution in [0, 0.1) is 15.5 Å². The minimum Gasteiger partial charge on any atom is -0.759 e. The molecule has 0 heterocycles. The minimum absolute atomic E-state index is 0. The summed E-state index contributed by atoms with van der Waals surface area (Å²) in [6.45, 7) is 0. The zero-order chi connectivity index (χ0) is 16.8. The molecule has 2 rings (SSSR count). The Hall–Kier alpha value is -2.87. The molecular formula is C12H9N3O6S. The fraction of sp³-hybridized carbons (Fsp3) is 0. The maximum atomic E-state index is 10.8. The molecule has 0 bridgehead atoms. The smallest absolute Gasteiger partial charge is 0.759 e. The monoisotopic (exact) mass is 323 g/mol. The van der Waals surface area contributed by atoms with Crippen molar-refractivity contribution in [2.24, 2.45) is 0 Å². The second kappa shape index (κ2) is 7.23. The molecule has 0 spiro atoms. The molecule has 0 saturated carbocycles. The van der Waals surface area contributed by atoms with Crippen LogP contribution in [0.2, 0.25) is 0 Å². The van der Waals surface area contributed by atoms with Crippen molar-refractivity contribution < 1.29 is 23.9 Å². The lowest BCUT2D eigenvalue weighted by atomic mass is 10.0. The summed E-state index contributed by atoms with van der Waals surface area (Å²) in [4.78, 5) is 13.1. The third-order valence-electron chi connectivity index (χ3n) is 2.39. The van der Waals surface area contributed by atoms with Crippen molar-refractivity contribution in [1.29, 1.82) is 5.39 Å². The molecule has 2 aromatic carbocycles. The van der Waals surface area contributed by atoms with Crippen LogP contribution in [-0.4, -0.2) is 22.4 Å². The summed E-state index contributed by atoms with van der Waals surface area (Å²) in [6, 6.07) is 13.8. The van der Waals surface area contributed by atoms with Gasteiger partial charge < -0.3 is 9.11 Å². The van der Waals surface area contributed by atoms with Gasteiger partial charge in [-0.15, -0.1) is 0 Å². The second-order valence-electron chi connectivity index (χ2n) is 3.83. The molecule has 0 amide bonds. The van der Waals surface area contributed by atoms with E-state index in [9.17, 15) is 10.1 Å². The van der Waals surface area contributed by atoms with Crippen LogP contribution in [0.3, 0.4) is 0 Å². The zero-order valence-electron chi connectivity index (χ0n) is 11.8. The van der Waals surface area contributed by atoms with E-state index in [0.717, 1.165) is 5.56 Å². The van der Waals surface area contributed by atoms with E-state index < -0.39 is 15.3 Å². The molecule has 0 saturated heterocycles. The molecule has 0 radical (unpaired) electrons. The van der Waals surface area contributed by atoms with E-state index in [1.54, 1.807) is 6.07 Å². The van der Waals surface area contributed by atoms with Gasteiger partial charge in [-0.1, -0.05) is 30.3 Å². The van der Waals surface area contributed by atoms with Crippen molar-refractivity contribution in [3.63, 3.8) is 0 Å². The van der Waals surface area contributed by atoms with Crippen LogP contribution in [-0.2, 0) is 10.4 Å². The van der Waals surface area contributed by atoms with Crippen LogP contribution in [0.15, 0.2) is 48.5 Å². The van der Waals surface area contributed by atoms with Gasteiger partial charge in [-0.2, -0.15) is 0 Å². The van der Waals surface area contributed by atoms with Gasteiger partial charge in [0.1, 0.15) is 0 Å². The Morgan fingerprint density at radius 3 is 2.05 bits per heavy atom. The summed E-state index contributed by atoms with van der Waals surface area (Å²) in [5.41, 5.74) is 1.33. The number of hydrogen-bond donors (Lipinski definition) is 0. The van der Waals surface area contributed by atoms with Crippen LogP contribution in [0.1, 0.15) is 1.43 Å². The van der Waals surface area contributed by atoms with Crippen molar-refractivity contribution in [2.45, 2.75) is 0 Å². The Morgan fingerprint density at radius 2 is 1.59 bits per heavy atom. The average Bonchev–Trinajstić information content (AvgIpc) is 2.45. The lowest BCUT2D eigenvalue weighted by molar-refractivity contribution is -0.383. The van der Waals surface area contributed by atoms with Gasteiger partial charge in [0.2, 0.25) is 5.39 Å². The molecular weight excluding hydrogens is 314 g/mol. The standard InChI is InChI=1S/C12H8N3O2.H2O4S/c13-14-11-7-6-10(8-12(11)15(16)17)9-4-2-1-3-5-9;1-5(2,3)4/h1-8H;(H2,1,2,3,4)/q+1;/p-1. The van der Waals surface area contributed by atoms with Crippen LogP contribution in [0.5, 0.6) is 0 Å². The number of nitro groups is 1. The molecule has 0 unspecified atom stereocenters. The third-order valence-corrected chi connectivity index (χ3v) is 2.39. The van der Waals surface area contributed by atoms with Gasteiger partial charge in [0, 0.05) is 22.5 Å². The van der Waals surface area contributed by atoms with Crippen molar-refractivity contribution in [3.05, 3.63) is 63.6 Å². The van der Waals surface area contributed by atoms with Gasteiger partial charge >= 0.3 is 12.8 Å². The summed E-state index contributed by atoms with van der Waals surface area (Å²) in [7, 11) is -5.17. The van der Waals surface area contributed by atoms with Crippen LogP contribution in [0.25, 0.3) is 16.1 Å². The molecule has 9 nitrogen and oxygen atoms in total. The molecule has 0 aromatic heterocycles. The molecule has 0 aliphatic heterocycles. The molecule has 0 fully saturated rings. The minimum atomic E-state index is -5.17. The Morgan fingerprint density at radius 1 is 1.05 bits per heavy atom. The van der Waals surface area contributed by atoms with Crippen molar-refractivity contribution >= 4 is 21.8 Å². The predicted molar refractivity (Wildman–Crippen MR) is 74.9 cm³/mol. The van der Waals surface area contributed by atoms with Gasteiger partial charge in [-0.25, -0.2) is 0 Å². The highest BCUT2D eigenvalue weighted by Gasteiger charge is 2.24. The summed E-state index contributed by atoms with van der Waals surface area (Å²) >= 11 is 0. The molecule has 0 aliphatic rings. The molecule has 0 aliphatic carbocycles. The second-order valence-corrected chi connectivity index (χ2v) is 4.65. The molecule has 22 heavy (non-hydrogen) atoms. The zero-order valence-corrected chi connectivity index (χ0v) is 11.6. The number of rotatable bonds is 2. The topological polar surface area (TPSA) is 152 Å². The first-order valence-electron chi connectivity index (χ1n) is 5.58. The largest absolute Gasteiger partial charge is 1.00 e. The van der Waals surface area contributed by atoms with Gasteiger partial charge in [0.05, 0.1) is 4.92 Å². The van der Waals surface area contributed by atoms with Crippen molar-refractivity contribution in [2.75, 3.05) is 0 Å². The number of nitro benzene ring substituents is 1. The lowest BCUT2D eigenvalue weighted by Crippen LogP contribution is -1.91. The molecule has 10 heteroatoms. The molecule has 0 N–H and O–H groups in total. The van der Waals surface area contributed by atoms with Crippen molar-refractivity contribution in [3.8, 4) is 11.1 Å². The van der Waals surface area contributed by atoms with Gasteiger partial charge in [0.25, 0.3) is 0 Å². The fourth-order valence-corrected chi connectivity index (χ4v) is 1.56. The van der Waals surface area contributed by atoms with E-state index in [4.69, 9.17) is 22.9 Å². The first-order valence-corrected chi connectivity index (χ1v) is 6.91. The SMILES string of the molecule is N#[N+]c1ccc(-c2ccccc2)cc1[N+](=O)[O-].O=S(=O)([O-])[O-].[H+]. The highest BCUT2D eigenvalue weighted by molar-refractivity contribution is 7.79. The van der Waals surface area contributed by atoms with Gasteiger partial charge in [0.15, 0.2) is 4.98 Å². The van der Waals surface area contributed by atoms with E-state index in [-0.39, 0.29) is 12.8 Å². The lowest BCUT2D eigenvalue weighted by Gasteiger charge is -2.06. The summed E-state index contributed by atoms with van der Waals surface area (Å²) in [5.74, 6) is 0. The van der Waals surface area contributed by atoms with Gasteiger partial charge in [-0.05, 0) is 17.2 Å². The van der Waals surface area contributed by atoms with E-state index in [0.29, 0.717) is 5.56 Å². The number of nitrogens with zero attached hydrogens (tertiary/aromatic N) is 3. The van der Waals surface area contributed by atoms with Crippen molar-refractivity contribution in [1.82, 2.24) is 0 Å². The maximum absolute atomic E-state index is 10.8. The van der Waals surface area contributed by atoms with E-state index in [1.165, 1.54) is 12.1 Å². The van der Waals surface area contributed by atoms with E-state index >= 15 is 0 Å². The first-order chi connectivity index (χ1) is 10.2. The summed E-state index contributed by atoms with van der Waals surface area (Å²) in [6.07, 6.45) is 0. The molecule has 2 aromatic rings. The Bertz CT molecular complexity index is 812. The number of benzene rings is 2. The number of hydrogen-bond acceptors (Lipinski definition) is 7. The van der Waals surface area contributed by atoms with Crippen LogP contribution >= 0.6 is 0 Å². The highest BCUT2D eigenvalue weighted by atomic mass is 32.3. The molecule has 114 valence electrons. The van der Waals surface area contributed by atoms with Crippen LogP contribution in [0.4, 0.5) is 11.4 Å². The summed E-state index contributed by atoms with van der Waals surface area (Å²) < 4.78 is 34.1. The normalized spacial score (nSPS) is 10.0. The maximum Gasteiger partial charge on any atom is 1.00 e. The first kappa shape index (κ1) is 17.2. The fourth-order valence-electron chi connectivity index (χ4n) is 1.56. The van der Waals surface area contributed by atoms with Crippen LogP contribution < -0.4 is 0 Å². The summed E-state index contributed by atoms with van der Waals surface area (Å²) in [5, 5.41) is 19.4. The van der Waals surface area contributed by atoms with E-state index in [1.807, 2.05) is 30.3 Å². The molecule has 0 atom stereocenters.